The maximum Gasteiger partial charge on any atom is 0.341 e. The van der Waals surface area contributed by atoms with Crippen molar-refractivity contribution in [2.45, 2.75) is 6.92 Å². The Hall–Kier alpha value is -3.32. The summed E-state index contributed by atoms with van der Waals surface area (Å²) in [7, 11) is 4.27. The van der Waals surface area contributed by atoms with Crippen LogP contribution in [0.3, 0.4) is 0 Å². The highest BCUT2D eigenvalue weighted by atomic mass is 32.1. The zero-order chi connectivity index (χ0) is 21.0. The third-order valence-corrected chi connectivity index (χ3v) is 5.32. The van der Waals surface area contributed by atoms with Crippen molar-refractivity contribution in [3.8, 4) is 22.6 Å². The monoisotopic (exact) mass is 411 g/mol. The van der Waals surface area contributed by atoms with E-state index in [4.69, 9.17) is 14.2 Å². The number of esters is 1. The maximum absolute atomic E-state index is 13.0. The van der Waals surface area contributed by atoms with Gasteiger partial charge in [0.2, 0.25) is 0 Å². The Kier molecular flexibility index (Phi) is 6.19. The van der Waals surface area contributed by atoms with Gasteiger partial charge in [-0.25, -0.2) is 4.79 Å². The van der Waals surface area contributed by atoms with Gasteiger partial charge in [0.15, 0.2) is 0 Å². The molecule has 150 valence electrons. The standard InChI is InChI=1S/C22H21NO5S/c1-13-8-10-14(11-9-13)15-12-29-21(18(15)22(25)28-4)23-20(24)19-16(26-2)6-5-7-17(19)27-3/h5-12H,1-4H3,(H,23,24). The minimum absolute atomic E-state index is 0.249. The molecule has 0 saturated carbocycles. The van der Waals surface area contributed by atoms with E-state index in [1.807, 2.05) is 36.6 Å². The van der Waals surface area contributed by atoms with Gasteiger partial charge in [0, 0.05) is 10.9 Å². The number of nitrogens with one attached hydrogen (secondary N) is 1. The van der Waals surface area contributed by atoms with Crippen molar-refractivity contribution in [3.63, 3.8) is 0 Å². The van der Waals surface area contributed by atoms with Gasteiger partial charge in [-0.05, 0) is 24.6 Å². The minimum atomic E-state index is -0.524. The van der Waals surface area contributed by atoms with E-state index in [0.29, 0.717) is 27.6 Å². The number of ether oxygens (including phenoxy) is 3. The van der Waals surface area contributed by atoms with Crippen LogP contribution in [-0.4, -0.2) is 33.2 Å². The zero-order valence-corrected chi connectivity index (χ0v) is 17.4. The molecule has 7 heteroatoms. The highest BCUT2D eigenvalue weighted by Crippen LogP contribution is 2.37. The lowest BCUT2D eigenvalue weighted by molar-refractivity contribution is 0.0603. The number of thiophene rings is 1. The number of carbonyl (C=O) groups excluding carboxylic acids is 2. The third kappa shape index (κ3) is 4.09. The van der Waals surface area contributed by atoms with Crippen LogP contribution in [0.4, 0.5) is 5.00 Å². The lowest BCUT2D eigenvalue weighted by atomic mass is 10.0. The minimum Gasteiger partial charge on any atom is -0.496 e. The van der Waals surface area contributed by atoms with Gasteiger partial charge in [0.05, 0.1) is 21.3 Å². The first-order chi connectivity index (χ1) is 14.0. The number of hydrogen-bond acceptors (Lipinski definition) is 6. The summed E-state index contributed by atoms with van der Waals surface area (Å²) in [5.41, 5.74) is 3.23. The fourth-order valence-corrected chi connectivity index (χ4v) is 3.89. The fourth-order valence-electron chi connectivity index (χ4n) is 2.94. The fraction of sp³-hybridized carbons (Fsp3) is 0.182. The molecule has 0 unspecified atom stereocenters. The molecule has 0 radical (unpaired) electrons. The molecule has 0 saturated heterocycles. The Morgan fingerprint density at radius 2 is 1.52 bits per heavy atom. The second kappa shape index (κ2) is 8.79. The molecule has 0 aliphatic carbocycles. The first-order valence-electron chi connectivity index (χ1n) is 8.79. The van der Waals surface area contributed by atoms with Crippen LogP contribution in [-0.2, 0) is 4.74 Å². The summed E-state index contributed by atoms with van der Waals surface area (Å²) in [6.07, 6.45) is 0. The first-order valence-corrected chi connectivity index (χ1v) is 9.67. The number of rotatable bonds is 6. The van der Waals surface area contributed by atoms with Crippen molar-refractivity contribution in [2.24, 2.45) is 0 Å². The van der Waals surface area contributed by atoms with Crippen LogP contribution in [0.5, 0.6) is 11.5 Å². The molecule has 1 aromatic heterocycles. The number of benzene rings is 2. The lowest BCUT2D eigenvalue weighted by Crippen LogP contribution is -2.16. The number of carbonyl (C=O) groups is 2. The van der Waals surface area contributed by atoms with E-state index in [1.165, 1.54) is 32.7 Å². The predicted octanol–water partition coefficient (Wildman–Crippen LogP) is 4.78. The summed E-state index contributed by atoms with van der Waals surface area (Å²) < 4.78 is 15.6. The van der Waals surface area contributed by atoms with Crippen molar-refractivity contribution < 1.29 is 23.8 Å². The van der Waals surface area contributed by atoms with Crippen molar-refractivity contribution in [3.05, 3.63) is 64.5 Å². The Morgan fingerprint density at radius 3 is 2.07 bits per heavy atom. The van der Waals surface area contributed by atoms with E-state index < -0.39 is 11.9 Å². The summed E-state index contributed by atoms with van der Waals surface area (Å²) in [5, 5.41) is 5.03. The number of amides is 1. The molecule has 3 aromatic rings. The molecule has 1 N–H and O–H groups in total. The molecule has 0 bridgehead atoms. The molecule has 29 heavy (non-hydrogen) atoms. The SMILES string of the molecule is COC(=O)c1c(-c2ccc(C)cc2)csc1NC(=O)c1c(OC)cccc1OC. The molecule has 0 fully saturated rings. The molecule has 6 nitrogen and oxygen atoms in total. The average molecular weight is 411 g/mol. The van der Waals surface area contributed by atoms with Crippen molar-refractivity contribution >= 4 is 28.2 Å². The van der Waals surface area contributed by atoms with Gasteiger partial charge in [0.1, 0.15) is 27.6 Å². The Morgan fingerprint density at radius 1 is 0.897 bits per heavy atom. The predicted molar refractivity (Wildman–Crippen MR) is 113 cm³/mol. The van der Waals surface area contributed by atoms with Crippen LogP contribution in [0.1, 0.15) is 26.3 Å². The number of hydrogen-bond donors (Lipinski definition) is 1. The van der Waals surface area contributed by atoms with E-state index in [1.54, 1.807) is 18.2 Å². The number of anilines is 1. The Balaban J connectivity index is 2.03. The third-order valence-electron chi connectivity index (χ3n) is 4.43. The molecule has 0 aliphatic heterocycles. The Bertz CT molecular complexity index is 1020. The molecule has 0 atom stereocenters. The lowest BCUT2D eigenvalue weighted by Gasteiger charge is -2.13. The van der Waals surface area contributed by atoms with E-state index in [2.05, 4.69) is 5.32 Å². The summed E-state index contributed by atoms with van der Waals surface area (Å²) in [6, 6.07) is 12.9. The summed E-state index contributed by atoms with van der Waals surface area (Å²) in [6.45, 7) is 1.99. The number of aryl methyl sites for hydroxylation is 1. The van der Waals surface area contributed by atoms with E-state index >= 15 is 0 Å². The van der Waals surface area contributed by atoms with Gasteiger partial charge >= 0.3 is 5.97 Å². The molecule has 3 rings (SSSR count). The van der Waals surface area contributed by atoms with Crippen molar-refractivity contribution in [1.29, 1.82) is 0 Å². The van der Waals surface area contributed by atoms with E-state index in [0.717, 1.165) is 11.1 Å². The molecule has 0 aliphatic rings. The van der Waals surface area contributed by atoms with Crippen molar-refractivity contribution in [2.75, 3.05) is 26.6 Å². The second-order valence-corrected chi connectivity index (χ2v) is 7.08. The molecular formula is C22H21NO5S. The quantitative estimate of drug-likeness (QED) is 0.591. The van der Waals surface area contributed by atoms with Crippen LogP contribution in [0, 0.1) is 6.92 Å². The smallest absolute Gasteiger partial charge is 0.341 e. The van der Waals surface area contributed by atoms with Gasteiger partial charge in [0.25, 0.3) is 5.91 Å². The Labute approximate surface area is 173 Å². The van der Waals surface area contributed by atoms with Gasteiger partial charge in [-0.2, -0.15) is 0 Å². The van der Waals surface area contributed by atoms with Gasteiger partial charge < -0.3 is 19.5 Å². The van der Waals surface area contributed by atoms with Gasteiger partial charge in [-0.15, -0.1) is 11.3 Å². The second-order valence-electron chi connectivity index (χ2n) is 6.20. The average Bonchev–Trinajstić information content (AvgIpc) is 3.16. The zero-order valence-electron chi connectivity index (χ0n) is 16.6. The molecule has 1 heterocycles. The van der Waals surface area contributed by atoms with Gasteiger partial charge in [-0.1, -0.05) is 35.9 Å². The first kappa shape index (κ1) is 20.4. The van der Waals surface area contributed by atoms with Gasteiger partial charge in [-0.3, -0.25) is 4.79 Å². The molecule has 2 aromatic carbocycles. The summed E-state index contributed by atoms with van der Waals surface area (Å²) >= 11 is 1.25. The summed E-state index contributed by atoms with van der Waals surface area (Å²) in [4.78, 5) is 25.5. The maximum atomic E-state index is 13.0. The van der Waals surface area contributed by atoms with Crippen LogP contribution < -0.4 is 14.8 Å². The van der Waals surface area contributed by atoms with Crippen LogP contribution in [0.25, 0.3) is 11.1 Å². The number of methoxy groups -OCH3 is 3. The van der Waals surface area contributed by atoms with E-state index in [-0.39, 0.29) is 5.56 Å². The normalized spacial score (nSPS) is 10.3. The highest BCUT2D eigenvalue weighted by molar-refractivity contribution is 7.15. The van der Waals surface area contributed by atoms with Crippen LogP contribution >= 0.6 is 11.3 Å². The molecule has 0 spiro atoms. The largest absolute Gasteiger partial charge is 0.496 e. The van der Waals surface area contributed by atoms with Crippen molar-refractivity contribution in [1.82, 2.24) is 0 Å². The highest BCUT2D eigenvalue weighted by Gasteiger charge is 2.25. The molecule has 1 amide bonds. The van der Waals surface area contributed by atoms with Crippen LogP contribution in [0.2, 0.25) is 0 Å². The topological polar surface area (TPSA) is 73.9 Å². The van der Waals surface area contributed by atoms with Crippen LogP contribution in [0.15, 0.2) is 47.8 Å². The summed E-state index contributed by atoms with van der Waals surface area (Å²) in [5.74, 6) is -0.223. The van der Waals surface area contributed by atoms with E-state index in [9.17, 15) is 9.59 Å². The molecular weight excluding hydrogens is 390 g/mol.